The standard InChI is InChI=1S/C10H12O2S/c1-8(2)5-6-9(11)13-10-4-3-7-12-10/h3-5,7H,6H2,1-2H3. The number of carbonyl (C=O) groups excluding carboxylic acids is 1. The average molecular weight is 196 g/mol. The van der Waals surface area contributed by atoms with Gasteiger partial charge >= 0.3 is 0 Å². The molecule has 1 heterocycles. The molecule has 0 unspecified atom stereocenters. The molecule has 0 aliphatic carbocycles. The number of furan rings is 1. The van der Waals surface area contributed by atoms with Gasteiger partial charge in [-0.2, -0.15) is 0 Å². The van der Waals surface area contributed by atoms with E-state index in [-0.39, 0.29) is 5.12 Å². The van der Waals surface area contributed by atoms with Gasteiger partial charge in [0, 0.05) is 6.42 Å². The van der Waals surface area contributed by atoms with Crippen LogP contribution in [0.5, 0.6) is 0 Å². The molecule has 1 aromatic rings. The lowest BCUT2D eigenvalue weighted by molar-refractivity contribution is -0.110. The fourth-order valence-electron chi connectivity index (χ4n) is 0.763. The number of rotatable bonds is 3. The Morgan fingerprint density at radius 3 is 2.92 bits per heavy atom. The minimum absolute atomic E-state index is 0.108. The van der Waals surface area contributed by atoms with Crippen molar-refractivity contribution in [3.05, 3.63) is 30.0 Å². The molecule has 1 rings (SSSR count). The summed E-state index contributed by atoms with van der Waals surface area (Å²) in [5, 5.41) is 0.767. The third-order valence-corrected chi connectivity index (χ3v) is 2.21. The quantitative estimate of drug-likeness (QED) is 0.549. The summed E-state index contributed by atoms with van der Waals surface area (Å²) in [6.45, 7) is 3.95. The topological polar surface area (TPSA) is 30.2 Å². The Hall–Kier alpha value is -0.960. The van der Waals surface area contributed by atoms with Crippen LogP contribution in [0.2, 0.25) is 0 Å². The van der Waals surface area contributed by atoms with Crippen LogP contribution < -0.4 is 0 Å². The maximum Gasteiger partial charge on any atom is 0.200 e. The molecule has 0 fully saturated rings. The second-order valence-electron chi connectivity index (χ2n) is 2.89. The number of carbonyl (C=O) groups is 1. The van der Waals surface area contributed by atoms with Crippen molar-refractivity contribution >= 4 is 16.9 Å². The summed E-state index contributed by atoms with van der Waals surface area (Å²) < 4.78 is 5.03. The lowest BCUT2D eigenvalue weighted by Crippen LogP contribution is -1.87. The summed E-state index contributed by atoms with van der Waals surface area (Å²) in [6, 6.07) is 3.56. The lowest BCUT2D eigenvalue weighted by Gasteiger charge is -1.93. The molecule has 0 N–H and O–H groups in total. The second-order valence-corrected chi connectivity index (χ2v) is 3.95. The van der Waals surface area contributed by atoms with Crippen molar-refractivity contribution in [2.24, 2.45) is 0 Å². The zero-order chi connectivity index (χ0) is 9.68. The number of hydrogen-bond donors (Lipinski definition) is 0. The van der Waals surface area contributed by atoms with Crippen LogP contribution in [-0.2, 0) is 4.79 Å². The van der Waals surface area contributed by atoms with Crippen molar-refractivity contribution < 1.29 is 9.21 Å². The smallest absolute Gasteiger partial charge is 0.200 e. The van der Waals surface area contributed by atoms with Crippen LogP contribution in [0.4, 0.5) is 0 Å². The summed E-state index contributed by atoms with van der Waals surface area (Å²) in [5.41, 5.74) is 1.16. The van der Waals surface area contributed by atoms with Crippen molar-refractivity contribution in [1.29, 1.82) is 0 Å². The van der Waals surface area contributed by atoms with E-state index in [9.17, 15) is 4.79 Å². The van der Waals surface area contributed by atoms with Crippen LogP contribution in [0, 0.1) is 0 Å². The van der Waals surface area contributed by atoms with Crippen LogP contribution in [0.15, 0.2) is 39.6 Å². The molecule has 70 valence electrons. The Morgan fingerprint density at radius 2 is 2.38 bits per heavy atom. The minimum atomic E-state index is 0.108. The zero-order valence-corrected chi connectivity index (χ0v) is 8.56. The molecule has 2 nitrogen and oxygen atoms in total. The van der Waals surface area contributed by atoms with Crippen molar-refractivity contribution in [3.63, 3.8) is 0 Å². The lowest BCUT2D eigenvalue weighted by atomic mass is 10.3. The molecular formula is C10H12O2S. The van der Waals surface area contributed by atoms with Gasteiger partial charge in [0.15, 0.2) is 10.2 Å². The minimum Gasteiger partial charge on any atom is -0.458 e. The van der Waals surface area contributed by atoms with E-state index in [0.29, 0.717) is 11.5 Å². The molecule has 0 saturated carbocycles. The Balaban J connectivity index is 2.39. The number of hydrogen-bond acceptors (Lipinski definition) is 3. The third-order valence-electron chi connectivity index (χ3n) is 1.39. The maximum atomic E-state index is 11.3. The van der Waals surface area contributed by atoms with Gasteiger partial charge in [0.2, 0.25) is 0 Å². The first-order valence-corrected chi connectivity index (χ1v) is 4.87. The maximum absolute atomic E-state index is 11.3. The molecule has 0 atom stereocenters. The van der Waals surface area contributed by atoms with E-state index in [1.54, 1.807) is 18.4 Å². The van der Waals surface area contributed by atoms with Crippen LogP contribution in [-0.4, -0.2) is 5.12 Å². The van der Waals surface area contributed by atoms with E-state index in [1.165, 1.54) is 0 Å². The third kappa shape index (κ3) is 3.99. The molecule has 0 aromatic carbocycles. The Bertz CT molecular complexity index is 295. The molecule has 0 aliphatic heterocycles. The molecule has 0 saturated heterocycles. The summed E-state index contributed by atoms with van der Waals surface area (Å²) >= 11 is 1.14. The van der Waals surface area contributed by atoms with E-state index < -0.39 is 0 Å². The predicted molar refractivity (Wildman–Crippen MR) is 53.6 cm³/mol. The van der Waals surface area contributed by atoms with Gasteiger partial charge in [-0.15, -0.1) is 0 Å². The van der Waals surface area contributed by atoms with Gasteiger partial charge < -0.3 is 4.42 Å². The summed E-state index contributed by atoms with van der Waals surface area (Å²) in [7, 11) is 0. The van der Waals surface area contributed by atoms with Crippen LogP contribution in [0.25, 0.3) is 0 Å². The van der Waals surface area contributed by atoms with Gasteiger partial charge in [0.05, 0.1) is 6.26 Å². The summed E-state index contributed by atoms with van der Waals surface area (Å²) in [5.74, 6) is 0. The van der Waals surface area contributed by atoms with Crippen LogP contribution in [0.3, 0.4) is 0 Å². The molecule has 13 heavy (non-hydrogen) atoms. The number of allylic oxidation sites excluding steroid dienone is 2. The Kier molecular flexibility index (Phi) is 3.83. The summed E-state index contributed by atoms with van der Waals surface area (Å²) in [6.07, 6.45) is 3.95. The van der Waals surface area contributed by atoms with Crippen molar-refractivity contribution in [2.45, 2.75) is 25.4 Å². The largest absolute Gasteiger partial charge is 0.458 e. The number of thioether (sulfide) groups is 1. The highest BCUT2D eigenvalue weighted by atomic mass is 32.2. The molecule has 0 radical (unpaired) electrons. The molecule has 0 spiro atoms. The van der Waals surface area contributed by atoms with Gasteiger partial charge in [0.1, 0.15) is 0 Å². The normalized spacial score (nSPS) is 9.69. The zero-order valence-electron chi connectivity index (χ0n) is 7.74. The average Bonchev–Trinajstić information content (AvgIpc) is 2.53. The van der Waals surface area contributed by atoms with Gasteiger partial charge in [0.25, 0.3) is 0 Å². The highest BCUT2D eigenvalue weighted by molar-refractivity contribution is 8.13. The fraction of sp³-hybridized carbons (Fsp3) is 0.300. The van der Waals surface area contributed by atoms with Crippen molar-refractivity contribution in [1.82, 2.24) is 0 Å². The van der Waals surface area contributed by atoms with Crippen molar-refractivity contribution in [2.75, 3.05) is 0 Å². The van der Waals surface area contributed by atoms with Gasteiger partial charge in [-0.25, -0.2) is 0 Å². The highest BCUT2D eigenvalue weighted by Crippen LogP contribution is 2.20. The SMILES string of the molecule is CC(C)=CCC(=O)Sc1ccco1. The molecular weight excluding hydrogens is 184 g/mol. The first-order chi connectivity index (χ1) is 6.18. The second kappa shape index (κ2) is 4.92. The molecule has 0 amide bonds. The van der Waals surface area contributed by atoms with Gasteiger partial charge in [-0.1, -0.05) is 11.6 Å². The van der Waals surface area contributed by atoms with Crippen molar-refractivity contribution in [3.8, 4) is 0 Å². The fourth-order valence-corrected chi connectivity index (χ4v) is 1.40. The molecule has 1 aromatic heterocycles. The van der Waals surface area contributed by atoms with E-state index in [0.717, 1.165) is 17.3 Å². The first-order valence-electron chi connectivity index (χ1n) is 4.06. The van der Waals surface area contributed by atoms with E-state index in [2.05, 4.69) is 0 Å². The van der Waals surface area contributed by atoms with E-state index >= 15 is 0 Å². The van der Waals surface area contributed by atoms with Gasteiger partial charge in [-0.3, -0.25) is 4.79 Å². The van der Waals surface area contributed by atoms with Crippen LogP contribution in [0.1, 0.15) is 20.3 Å². The molecule has 3 heteroatoms. The first kappa shape index (κ1) is 10.1. The van der Waals surface area contributed by atoms with Gasteiger partial charge in [-0.05, 0) is 37.7 Å². The summed E-state index contributed by atoms with van der Waals surface area (Å²) in [4.78, 5) is 11.3. The Morgan fingerprint density at radius 1 is 1.62 bits per heavy atom. The van der Waals surface area contributed by atoms with E-state index in [4.69, 9.17) is 4.42 Å². The molecule has 0 bridgehead atoms. The predicted octanol–water partition coefficient (Wildman–Crippen LogP) is 3.25. The highest BCUT2D eigenvalue weighted by Gasteiger charge is 2.04. The van der Waals surface area contributed by atoms with E-state index in [1.807, 2.05) is 19.9 Å². The Labute approximate surface area is 82.0 Å². The molecule has 0 aliphatic rings. The monoisotopic (exact) mass is 196 g/mol. The van der Waals surface area contributed by atoms with Crippen LogP contribution >= 0.6 is 11.8 Å².